The molecule has 150 valence electrons. The summed E-state index contributed by atoms with van der Waals surface area (Å²) in [5.41, 5.74) is 1.22. The molecule has 0 radical (unpaired) electrons. The summed E-state index contributed by atoms with van der Waals surface area (Å²) in [5, 5.41) is 2.66. The minimum absolute atomic E-state index is 0.0846. The van der Waals surface area contributed by atoms with Crippen LogP contribution in [0.3, 0.4) is 0 Å². The van der Waals surface area contributed by atoms with Crippen molar-refractivity contribution in [3.05, 3.63) is 65.0 Å². The molecule has 8 nitrogen and oxygen atoms in total. The van der Waals surface area contributed by atoms with Crippen LogP contribution in [0.1, 0.15) is 57.4 Å². The first-order chi connectivity index (χ1) is 13.8. The van der Waals surface area contributed by atoms with Crippen LogP contribution >= 0.6 is 0 Å². The lowest BCUT2D eigenvalue weighted by atomic mass is 10.1. The zero-order valence-corrected chi connectivity index (χ0v) is 16.3. The highest BCUT2D eigenvalue weighted by Crippen LogP contribution is 2.26. The number of hydrogen-bond acceptors (Lipinski definition) is 6. The van der Waals surface area contributed by atoms with Crippen LogP contribution in [-0.4, -0.2) is 45.7 Å². The maximum absolute atomic E-state index is 12.7. The van der Waals surface area contributed by atoms with Crippen molar-refractivity contribution in [1.82, 2.24) is 15.2 Å². The molecular formula is C21H21N3O5. The van der Waals surface area contributed by atoms with Gasteiger partial charge in [0.15, 0.2) is 6.10 Å². The van der Waals surface area contributed by atoms with Crippen LogP contribution in [0.5, 0.6) is 0 Å². The van der Waals surface area contributed by atoms with Gasteiger partial charge < -0.3 is 10.1 Å². The van der Waals surface area contributed by atoms with Crippen molar-refractivity contribution in [1.29, 1.82) is 0 Å². The van der Waals surface area contributed by atoms with Gasteiger partial charge in [0.2, 0.25) is 0 Å². The van der Waals surface area contributed by atoms with Gasteiger partial charge in [0.05, 0.1) is 23.2 Å². The van der Waals surface area contributed by atoms with E-state index in [2.05, 4.69) is 10.3 Å². The van der Waals surface area contributed by atoms with Gasteiger partial charge in [-0.15, -0.1) is 0 Å². The molecule has 29 heavy (non-hydrogen) atoms. The van der Waals surface area contributed by atoms with Crippen molar-refractivity contribution >= 4 is 23.7 Å². The summed E-state index contributed by atoms with van der Waals surface area (Å²) < 4.78 is 5.18. The largest absolute Gasteiger partial charge is 0.449 e. The van der Waals surface area contributed by atoms with E-state index < -0.39 is 29.8 Å². The molecule has 3 amide bonds. The summed E-state index contributed by atoms with van der Waals surface area (Å²) in [5.74, 6) is -2.07. The Kier molecular flexibility index (Phi) is 5.72. The van der Waals surface area contributed by atoms with Crippen LogP contribution in [0.4, 0.5) is 0 Å². The number of nitrogens with zero attached hydrogens (tertiary/aromatic N) is 2. The van der Waals surface area contributed by atoms with Gasteiger partial charge in [-0.25, -0.2) is 4.79 Å². The van der Waals surface area contributed by atoms with E-state index in [1.54, 1.807) is 38.4 Å². The van der Waals surface area contributed by atoms with Gasteiger partial charge in [0.1, 0.15) is 0 Å². The van der Waals surface area contributed by atoms with E-state index in [0.29, 0.717) is 0 Å². The Hall–Kier alpha value is -3.55. The van der Waals surface area contributed by atoms with Crippen LogP contribution in [0, 0.1) is 0 Å². The molecule has 0 saturated heterocycles. The molecule has 0 aliphatic carbocycles. The third-order valence-electron chi connectivity index (χ3n) is 4.38. The van der Waals surface area contributed by atoms with E-state index in [4.69, 9.17) is 4.74 Å². The average molecular weight is 395 g/mol. The number of hydrogen-bond donors (Lipinski definition) is 1. The third kappa shape index (κ3) is 4.31. The molecule has 1 atom stereocenters. The third-order valence-corrected chi connectivity index (χ3v) is 4.38. The molecule has 1 aromatic carbocycles. The summed E-state index contributed by atoms with van der Waals surface area (Å²) in [6.07, 6.45) is 2.18. The fourth-order valence-electron chi connectivity index (χ4n) is 2.92. The molecule has 0 unspecified atom stereocenters. The quantitative estimate of drug-likeness (QED) is 0.592. The standard InChI is InChI=1S/C21H21N3O5/c1-12(2)23-18(25)13(3)29-21(28)15-4-5-16-17(10-15)20(27)24(19(16)26)11-14-6-8-22-9-7-14/h4-10,12-13H,11H2,1-3H3,(H,23,25)/t13-/m1/s1. The topological polar surface area (TPSA) is 106 Å². The van der Waals surface area contributed by atoms with Gasteiger partial charge in [0.25, 0.3) is 17.7 Å². The molecule has 1 aliphatic rings. The zero-order chi connectivity index (χ0) is 21.1. The predicted molar refractivity (Wildman–Crippen MR) is 103 cm³/mol. The number of carbonyl (C=O) groups is 4. The Bertz CT molecular complexity index is 972. The highest BCUT2D eigenvalue weighted by Gasteiger charge is 2.36. The zero-order valence-electron chi connectivity index (χ0n) is 16.3. The smallest absolute Gasteiger partial charge is 0.338 e. The molecule has 1 N–H and O–H groups in total. The van der Waals surface area contributed by atoms with Crippen molar-refractivity contribution in [3.63, 3.8) is 0 Å². The fourth-order valence-corrected chi connectivity index (χ4v) is 2.92. The van der Waals surface area contributed by atoms with Crippen molar-refractivity contribution in [2.24, 2.45) is 0 Å². The molecule has 1 aromatic heterocycles. The van der Waals surface area contributed by atoms with E-state index in [-0.39, 0.29) is 29.3 Å². The molecule has 0 saturated carbocycles. The van der Waals surface area contributed by atoms with Gasteiger partial charge >= 0.3 is 5.97 Å². The van der Waals surface area contributed by atoms with Crippen molar-refractivity contribution in [2.45, 2.75) is 39.5 Å². The number of nitrogens with one attached hydrogen (secondary N) is 1. The normalized spacial score (nSPS) is 14.0. The van der Waals surface area contributed by atoms with Crippen LogP contribution < -0.4 is 5.32 Å². The number of pyridine rings is 1. The minimum Gasteiger partial charge on any atom is -0.449 e. The van der Waals surface area contributed by atoms with E-state index in [1.165, 1.54) is 25.1 Å². The van der Waals surface area contributed by atoms with Crippen LogP contribution in [0.25, 0.3) is 0 Å². The molecule has 0 fully saturated rings. The SMILES string of the molecule is CC(C)NC(=O)[C@@H](C)OC(=O)c1ccc2c(c1)C(=O)N(Cc1ccncc1)C2=O. The molecular weight excluding hydrogens is 374 g/mol. The summed E-state index contributed by atoms with van der Waals surface area (Å²) in [4.78, 5) is 54.6. The van der Waals surface area contributed by atoms with Gasteiger partial charge in [0, 0.05) is 18.4 Å². The molecule has 2 aromatic rings. The number of fused-ring (bicyclic) bond motifs is 1. The first-order valence-electron chi connectivity index (χ1n) is 9.18. The van der Waals surface area contributed by atoms with Gasteiger partial charge in [-0.2, -0.15) is 0 Å². The average Bonchev–Trinajstić information content (AvgIpc) is 2.92. The highest BCUT2D eigenvalue weighted by molar-refractivity contribution is 6.21. The first-order valence-corrected chi connectivity index (χ1v) is 9.18. The Morgan fingerprint density at radius 2 is 1.69 bits per heavy atom. The second-order valence-corrected chi connectivity index (χ2v) is 7.02. The maximum Gasteiger partial charge on any atom is 0.338 e. The first kappa shape index (κ1) is 20.2. The summed E-state index contributed by atoms with van der Waals surface area (Å²) in [7, 11) is 0. The number of carbonyl (C=O) groups excluding carboxylic acids is 4. The number of rotatable bonds is 6. The highest BCUT2D eigenvalue weighted by atomic mass is 16.5. The Morgan fingerprint density at radius 1 is 1.03 bits per heavy atom. The van der Waals surface area contributed by atoms with Gasteiger partial charge in [-0.3, -0.25) is 24.3 Å². The maximum atomic E-state index is 12.7. The Balaban J connectivity index is 1.75. The number of imide groups is 1. The van der Waals surface area contributed by atoms with E-state index in [0.717, 1.165) is 10.5 Å². The number of amides is 3. The van der Waals surface area contributed by atoms with Gasteiger partial charge in [-0.1, -0.05) is 0 Å². The molecule has 2 heterocycles. The van der Waals surface area contributed by atoms with Crippen LogP contribution in [0.2, 0.25) is 0 Å². The lowest BCUT2D eigenvalue weighted by Gasteiger charge is -2.15. The number of esters is 1. The molecule has 3 rings (SSSR count). The number of aromatic nitrogens is 1. The van der Waals surface area contributed by atoms with E-state index in [1.807, 2.05) is 0 Å². The molecule has 8 heteroatoms. The second kappa shape index (κ2) is 8.22. The number of ether oxygens (including phenoxy) is 1. The van der Waals surface area contributed by atoms with Crippen molar-refractivity contribution < 1.29 is 23.9 Å². The fraction of sp³-hybridized carbons (Fsp3) is 0.286. The lowest BCUT2D eigenvalue weighted by molar-refractivity contribution is -0.129. The summed E-state index contributed by atoms with van der Waals surface area (Å²) in [6, 6.07) is 7.52. The molecule has 0 spiro atoms. The second-order valence-electron chi connectivity index (χ2n) is 7.02. The lowest BCUT2D eigenvalue weighted by Crippen LogP contribution is -2.39. The van der Waals surface area contributed by atoms with Gasteiger partial charge in [-0.05, 0) is 56.7 Å². The monoisotopic (exact) mass is 395 g/mol. The Labute approximate surface area is 167 Å². The van der Waals surface area contributed by atoms with E-state index >= 15 is 0 Å². The van der Waals surface area contributed by atoms with Crippen molar-refractivity contribution in [3.8, 4) is 0 Å². The van der Waals surface area contributed by atoms with Crippen LogP contribution in [0.15, 0.2) is 42.7 Å². The minimum atomic E-state index is -0.987. The summed E-state index contributed by atoms with van der Waals surface area (Å²) in [6.45, 7) is 5.18. The van der Waals surface area contributed by atoms with Crippen molar-refractivity contribution in [2.75, 3.05) is 0 Å². The number of benzene rings is 1. The van der Waals surface area contributed by atoms with E-state index in [9.17, 15) is 19.2 Å². The molecule has 0 bridgehead atoms. The molecule has 1 aliphatic heterocycles. The van der Waals surface area contributed by atoms with Crippen LogP contribution in [-0.2, 0) is 16.1 Å². The summed E-state index contributed by atoms with van der Waals surface area (Å²) >= 11 is 0. The predicted octanol–water partition coefficient (Wildman–Crippen LogP) is 1.95. The Morgan fingerprint density at radius 3 is 2.34 bits per heavy atom.